The highest BCUT2D eigenvalue weighted by Crippen LogP contribution is 2.31. The van der Waals surface area contributed by atoms with Gasteiger partial charge < -0.3 is 4.57 Å². The van der Waals surface area contributed by atoms with E-state index in [-0.39, 0.29) is 17.4 Å². The zero-order valence-corrected chi connectivity index (χ0v) is 15.3. The van der Waals surface area contributed by atoms with Gasteiger partial charge in [0.2, 0.25) is 0 Å². The zero-order chi connectivity index (χ0) is 17.9. The van der Waals surface area contributed by atoms with Gasteiger partial charge in [-0.05, 0) is 24.1 Å². The van der Waals surface area contributed by atoms with Gasteiger partial charge in [-0.3, -0.25) is 0 Å². The molecule has 0 bridgehead atoms. The minimum Gasteiger partial charge on any atom is -0.302 e. The van der Waals surface area contributed by atoms with Crippen molar-refractivity contribution in [3.05, 3.63) is 53.9 Å². The summed E-state index contributed by atoms with van der Waals surface area (Å²) in [6.45, 7) is 4.33. The van der Waals surface area contributed by atoms with Crippen molar-refractivity contribution in [2.75, 3.05) is 11.5 Å². The van der Waals surface area contributed by atoms with Crippen molar-refractivity contribution < 1.29 is 8.42 Å². The Kier molecular flexibility index (Phi) is 5.25. The van der Waals surface area contributed by atoms with Gasteiger partial charge in [-0.1, -0.05) is 30.0 Å². The first-order valence-electron chi connectivity index (χ1n) is 7.88. The van der Waals surface area contributed by atoms with E-state index >= 15 is 0 Å². The Hall–Kier alpha value is -2.11. The number of allylic oxidation sites excluding steroid dienone is 1. The van der Waals surface area contributed by atoms with Gasteiger partial charge in [-0.2, -0.15) is 5.26 Å². The molecular weight excluding hydrogens is 356 g/mol. The normalized spacial score (nSPS) is 18.8. The lowest BCUT2D eigenvalue weighted by molar-refractivity contribution is 0.597. The molecule has 1 aliphatic heterocycles. The molecule has 25 heavy (non-hydrogen) atoms. The number of thioether (sulfide) groups is 1. The van der Waals surface area contributed by atoms with E-state index in [2.05, 4.69) is 22.8 Å². The summed E-state index contributed by atoms with van der Waals surface area (Å²) in [6, 6.07) is 9.52. The Morgan fingerprint density at radius 2 is 2.12 bits per heavy atom. The van der Waals surface area contributed by atoms with Crippen LogP contribution in [-0.4, -0.2) is 34.7 Å². The maximum atomic E-state index is 11.7. The molecule has 2 heterocycles. The molecule has 1 aromatic heterocycles. The van der Waals surface area contributed by atoms with Gasteiger partial charge in [-0.15, -0.1) is 16.8 Å². The molecule has 1 unspecified atom stereocenters. The van der Waals surface area contributed by atoms with Crippen molar-refractivity contribution in [1.29, 1.82) is 5.26 Å². The first kappa shape index (κ1) is 17.7. The maximum Gasteiger partial charge on any atom is 0.191 e. The topological polar surface area (TPSA) is 88.6 Å². The van der Waals surface area contributed by atoms with Crippen LogP contribution in [0.25, 0.3) is 0 Å². The molecule has 0 radical (unpaired) electrons. The predicted octanol–water partition coefficient (Wildman–Crippen LogP) is 2.53. The summed E-state index contributed by atoms with van der Waals surface area (Å²) in [5.74, 6) is 1.68. The van der Waals surface area contributed by atoms with E-state index in [1.165, 1.54) is 0 Å². The molecule has 6 nitrogen and oxygen atoms in total. The monoisotopic (exact) mass is 374 g/mol. The Balaban J connectivity index is 1.77. The van der Waals surface area contributed by atoms with Crippen molar-refractivity contribution in [3.63, 3.8) is 0 Å². The van der Waals surface area contributed by atoms with Gasteiger partial charge >= 0.3 is 0 Å². The minimum atomic E-state index is -2.97. The smallest absolute Gasteiger partial charge is 0.191 e. The van der Waals surface area contributed by atoms with Crippen LogP contribution in [0.1, 0.15) is 29.3 Å². The van der Waals surface area contributed by atoms with Gasteiger partial charge in [0.15, 0.2) is 15.0 Å². The molecular formula is C17H18N4O2S2. The van der Waals surface area contributed by atoms with Crippen LogP contribution in [0.4, 0.5) is 0 Å². The largest absolute Gasteiger partial charge is 0.302 e. The number of aromatic nitrogens is 3. The van der Waals surface area contributed by atoms with Crippen LogP contribution in [0.3, 0.4) is 0 Å². The van der Waals surface area contributed by atoms with E-state index in [1.807, 2.05) is 16.7 Å². The molecule has 2 aromatic rings. The van der Waals surface area contributed by atoms with E-state index in [1.54, 1.807) is 30.0 Å². The van der Waals surface area contributed by atoms with Crippen LogP contribution in [0.15, 0.2) is 42.1 Å². The van der Waals surface area contributed by atoms with Crippen LogP contribution < -0.4 is 0 Å². The highest BCUT2D eigenvalue weighted by Gasteiger charge is 2.33. The number of benzene rings is 1. The number of hydrogen-bond donors (Lipinski definition) is 0. The molecule has 1 aliphatic rings. The third-order valence-corrected chi connectivity index (χ3v) is 6.91. The maximum absolute atomic E-state index is 11.7. The average Bonchev–Trinajstić information content (AvgIpc) is 3.16. The van der Waals surface area contributed by atoms with Crippen LogP contribution in [0.5, 0.6) is 0 Å². The van der Waals surface area contributed by atoms with Crippen molar-refractivity contribution in [2.45, 2.75) is 29.8 Å². The summed E-state index contributed by atoms with van der Waals surface area (Å²) >= 11 is 1.54. The number of nitriles is 1. The third-order valence-electron chi connectivity index (χ3n) is 4.11. The highest BCUT2D eigenvalue weighted by molar-refractivity contribution is 7.98. The molecule has 0 amide bonds. The fourth-order valence-electron chi connectivity index (χ4n) is 2.83. The molecule has 1 atom stereocenters. The van der Waals surface area contributed by atoms with E-state index < -0.39 is 9.84 Å². The minimum absolute atomic E-state index is 0.0956. The van der Waals surface area contributed by atoms with Crippen molar-refractivity contribution >= 4 is 21.6 Å². The molecule has 0 N–H and O–H groups in total. The summed E-state index contributed by atoms with van der Waals surface area (Å²) < 4.78 is 25.4. The highest BCUT2D eigenvalue weighted by atomic mass is 32.2. The Labute approximate surface area is 151 Å². The molecule has 130 valence electrons. The quantitative estimate of drug-likeness (QED) is 0.570. The summed E-state index contributed by atoms with van der Waals surface area (Å²) in [4.78, 5) is 0. The molecule has 1 fully saturated rings. The Morgan fingerprint density at radius 1 is 1.36 bits per heavy atom. The lowest BCUT2D eigenvalue weighted by Crippen LogP contribution is -2.11. The fraction of sp³-hybridized carbons (Fsp3) is 0.353. The first-order chi connectivity index (χ1) is 12.0. The lowest BCUT2D eigenvalue weighted by atomic mass is 10.1. The van der Waals surface area contributed by atoms with Crippen LogP contribution in [-0.2, 0) is 22.1 Å². The number of nitrogens with zero attached hydrogens (tertiary/aromatic N) is 4. The second kappa shape index (κ2) is 7.42. The lowest BCUT2D eigenvalue weighted by Gasteiger charge is -2.11. The van der Waals surface area contributed by atoms with Gasteiger partial charge in [0.1, 0.15) is 5.82 Å². The third kappa shape index (κ3) is 4.11. The molecule has 3 rings (SSSR count). The van der Waals surface area contributed by atoms with Gasteiger partial charge in [-0.25, -0.2) is 8.42 Å². The standard InChI is InChI=1S/C17H18N4O2S2/c1-2-8-21-16(15-7-9-25(22,23)12-15)19-20-17(21)24-11-14-5-3-13(10-18)4-6-14/h2-6,15H,1,7-9,11-12H2. The summed E-state index contributed by atoms with van der Waals surface area (Å²) in [5, 5.41) is 18.1. The van der Waals surface area contributed by atoms with Crippen LogP contribution >= 0.6 is 11.8 Å². The molecule has 1 saturated heterocycles. The van der Waals surface area contributed by atoms with Crippen LogP contribution in [0, 0.1) is 11.3 Å². The molecule has 0 spiro atoms. The second-order valence-electron chi connectivity index (χ2n) is 5.94. The van der Waals surface area contributed by atoms with Crippen molar-refractivity contribution in [1.82, 2.24) is 14.8 Å². The Bertz CT molecular complexity index is 911. The number of sulfone groups is 1. The van der Waals surface area contributed by atoms with E-state index in [0.717, 1.165) is 16.5 Å². The summed E-state index contributed by atoms with van der Waals surface area (Å²) in [7, 11) is -2.97. The molecule has 1 aromatic carbocycles. The van der Waals surface area contributed by atoms with Crippen molar-refractivity contribution in [2.24, 2.45) is 0 Å². The molecule has 8 heteroatoms. The van der Waals surface area contributed by atoms with Gasteiger partial charge in [0.25, 0.3) is 0 Å². The summed E-state index contributed by atoms with van der Waals surface area (Å²) in [5.41, 5.74) is 1.72. The molecule has 0 aliphatic carbocycles. The zero-order valence-electron chi connectivity index (χ0n) is 13.6. The SMILES string of the molecule is C=CCn1c(SCc2ccc(C#N)cc2)nnc1C1CCS(=O)(=O)C1. The second-order valence-corrected chi connectivity index (χ2v) is 9.11. The Morgan fingerprint density at radius 3 is 2.72 bits per heavy atom. The number of rotatable bonds is 6. The number of hydrogen-bond acceptors (Lipinski definition) is 6. The average molecular weight is 374 g/mol. The van der Waals surface area contributed by atoms with E-state index in [9.17, 15) is 8.42 Å². The molecule has 0 saturated carbocycles. The van der Waals surface area contributed by atoms with E-state index in [0.29, 0.717) is 24.3 Å². The predicted molar refractivity (Wildman–Crippen MR) is 96.9 cm³/mol. The van der Waals surface area contributed by atoms with Crippen molar-refractivity contribution in [3.8, 4) is 6.07 Å². The van der Waals surface area contributed by atoms with E-state index in [4.69, 9.17) is 5.26 Å². The van der Waals surface area contributed by atoms with Crippen LogP contribution in [0.2, 0.25) is 0 Å². The van der Waals surface area contributed by atoms with Gasteiger partial charge in [0, 0.05) is 18.2 Å². The fourth-order valence-corrected chi connectivity index (χ4v) is 5.48. The first-order valence-corrected chi connectivity index (χ1v) is 10.7. The van der Waals surface area contributed by atoms with Gasteiger partial charge in [0.05, 0.1) is 23.1 Å². The summed E-state index contributed by atoms with van der Waals surface area (Å²) in [6.07, 6.45) is 2.36.